The third kappa shape index (κ3) is 5.37. The van der Waals surface area contributed by atoms with Crippen LogP contribution in [0.3, 0.4) is 0 Å². The Morgan fingerprint density at radius 3 is 2.66 bits per heavy atom. The predicted octanol–water partition coefficient (Wildman–Crippen LogP) is 2.98. The van der Waals surface area contributed by atoms with Crippen LogP contribution in [0.2, 0.25) is 0 Å². The standard InChI is InChI=1S/C30H33N3O7S/c1-16-25-24(17(2)35)29(37)33(25)26(30(38)39)27(16)41-21-12-22(28(36)31-20-9-6-7-18(11-20)15-34)32(14-21)13-19-8-4-5-10-23(19)40-3/h4-11,15-17,21-22,24-25,35H,12-14H2,1-3H3,(H,31,36)(H,38,39)/t16-,17-,21+,22+,24-,25-/m1/s1. The lowest BCUT2D eigenvalue weighted by Gasteiger charge is -2.46. The molecule has 6 atom stereocenters. The summed E-state index contributed by atoms with van der Waals surface area (Å²) in [5.41, 5.74) is 1.85. The smallest absolute Gasteiger partial charge is 0.353 e. The van der Waals surface area contributed by atoms with Crippen LogP contribution in [0.5, 0.6) is 5.75 Å². The lowest BCUT2D eigenvalue weighted by molar-refractivity contribution is -0.163. The maximum absolute atomic E-state index is 13.6. The Labute approximate surface area is 242 Å². The van der Waals surface area contributed by atoms with Crippen LogP contribution in [-0.4, -0.2) is 81.2 Å². The number of carbonyl (C=O) groups excluding carboxylic acids is 3. The highest BCUT2D eigenvalue weighted by atomic mass is 32.2. The van der Waals surface area contributed by atoms with Gasteiger partial charge in [0.05, 0.1) is 31.2 Å². The van der Waals surface area contributed by atoms with Gasteiger partial charge < -0.3 is 25.2 Å². The van der Waals surface area contributed by atoms with Gasteiger partial charge in [-0.2, -0.15) is 0 Å². The van der Waals surface area contributed by atoms with E-state index in [9.17, 15) is 29.4 Å². The van der Waals surface area contributed by atoms with Crippen LogP contribution in [0.1, 0.15) is 36.2 Å². The van der Waals surface area contributed by atoms with Crippen LogP contribution in [0.25, 0.3) is 0 Å². The van der Waals surface area contributed by atoms with Crippen LogP contribution < -0.4 is 10.1 Å². The molecule has 0 spiro atoms. The summed E-state index contributed by atoms with van der Waals surface area (Å²) in [6.07, 6.45) is 0.290. The first-order valence-corrected chi connectivity index (χ1v) is 14.4. The van der Waals surface area contributed by atoms with E-state index in [1.807, 2.05) is 36.1 Å². The number of fused-ring (bicyclic) bond motifs is 1. The molecule has 0 radical (unpaired) electrons. The van der Waals surface area contributed by atoms with Gasteiger partial charge in [0.1, 0.15) is 17.7 Å². The molecule has 0 aromatic heterocycles. The monoisotopic (exact) mass is 579 g/mol. The molecule has 0 bridgehead atoms. The molecule has 2 aromatic rings. The number of thioether (sulfide) groups is 1. The van der Waals surface area contributed by atoms with Crippen molar-refractivity contribution in [2.45, 2.75) is 50.3 Å². The van der Waals surface area contributed by atoms with Gasteiger partial charge in [0, 0.05) is 46.0 Å². The van der Waals surface area contributed by atoms with E-state index in [1.54, 1.807) is 38.3 Å². The number of carbonyl (C=O) groups is 4. The zero-order chi connectivity index (χ0) is 29.4. The molecule has 2 amide bonds. The Balaban J connectivity index is 1.41. The molecular weight excluding hydrogens is 546 g/mol. The minimum absolute atomic E-state index is 0.0238. The van der Waals surface area contributed by atoms with Crippen molar-refractivity contribution in [3.63, 3.8) is 0 Å². The Morgan fingerprint density at radius 1 is 1.22 bits per heavy atom. The molecular formula is C30H33N3O7S. The fourth-order valence-corrected chi connectivity index (χ4v) is 7.78. The van der Waals surface area contributed by atoms with E-state index in [0.29, 0.717) is 41.4 Å². The summed E-state index contributed by atoms with van der Waals surface area (Å²) >= 11 is 1.40. The quantitative estimate of drug-likeness (QED) is 0.287. The highest BCUT2D eigenvalue weighted by Crippen LogP contribution is 2.52. The third-order valence-corrected chi connectivity index (χ3v) is 9.62. The van der Waals surface area contributed by atoms with E-state index in [-0.39, 0.29) is 28.7 Å². The highest BCUT2D eigenvalue weighted by Gasteiger charge is 2.60. The van der Waals surface area contributed by atoms with E-state index in [0.717, 1.165) is 11.8 Å². The first-order valence-electron chi connectivity index (χ1n) is 13.5. The molecule has 3 aliphatic heterocycles. The number of aliphatic carboxylic acids is 1. The number of hydrogen-bond acceptors (Lipinski definition) is 8. The number of nitrogens with one attached hydrogen (secondary N) is 1. The van der Waals surface area contributed by atoms with E-state index in [4.69, 9.17) is 4.74 Å². The summed E-state index contributed by atoms with van der Waals surface area (Å²) in [7, 11) is 1.60. The third-order valence-electron chi connectivity index (χ3n) is 8.13. The number of amides is 2. The Hall–Kier alpha value is -3.67. The maximum atomic E-state index is 13.6. The largest absolute Gasteiger partial charge is 0.496 e. The molecule has 3 N–H and O–H groups in total. The van der Waals surface area contributed by atoms with E-state index in [1.165, 1.54) is 16.7 Å². The fourth-order valence-electron chi connectivity index (χ4n) is 6.22. The SMILES string of the molecule is COc1ccccc1CN1C[C@@H](SC2=C(C(=O)O)N3C(=O)[C@H]([C@@H](C)O)[C@H]3[C@H]2C)C[C@H]1C(=O)Nc1cccc(C=O)c1. The number of aliphatic hydroxyl groups excluding tert-OH is 1. The molecule has 0 aliphatic carbocycles. The number of rotatable bonds is 10. The number of carboxylic acids is 1. The summed E-state index contributed by atoms with van der Waals surface area (Å²) in [6, 6.07) is 13.4. The highest BCUT2D eigenvalue weighted by molar-refractivity contribution is 8.03. The molecule has 5 rings (SSSR count). The number of hydrogen-bond donors (Lipinski definition) is 3. The van der Waals surface area contributed by atoms with Gasteiger partial charge in [0.15, 0.2) is 0 Å². The van der Waals surface area contributed by atoms with Gasteiger partial charge in [0.25, 0.3) is 0 Å². The van der Waals surface area contributed by atoms with Crippen LogP contribution in [0.4, 0.5) is 5.69 Å². The average molecular weight is 580 g/mol. The molecule has 2 aromatic carbocycles. The summed E-state index contributed by atoms with van der Waals surface area (Å²) in [6.45, 7) is 4.38. The molecule has 3 heterocycles. The predicted molar refractivity (Wildman–Crippen MR) is 153 cm³/mol. The van der Waals surface area contributed by atoms with Gasteiger partial charge in [0.2, 0.25) is 11.8 Å². The normalized spacial score (nSPS) is 26.4. The fraction of sp³-hybridized carbons (Fsp3) is 0.400. The molecule has 2 saturated heterocycles. The summed E-state index contributed by atoms with van der Waals surface area (Å²) in [4.78, 5) is 53.9. The van der Waals surface area contributed by atoms with Crippen LogP contribution in [0, 0.1) is 11.8 Å². The number of benzene rings is 2. The lowest BCUT2D eigenvalue weighted by Crippen LogP contribution is -2.63. The molecule has 216 valence electrons. The first-order chi connectivity index (χ1) is 19.6. The molecule has 41 heavy (non-hydrogen) atoms. The number of ether oxygens (including phenoxy) is 1. The number of para-hydroxylation sites is 1. The van der Waals surface area contributed by atoms with E-state index >= 15 is 0 Å². The number of aliphatic hydroxyl groups is 1. The van der Waals surface area contributed by atoms with Crippen molar-refractivity contribution in [3.05, 3.63) is 70.3 Å². The minimum atomic E-state index is -1.17. The van der Waals surface area contributed by atoms with Crippen molar-refractivity contribution in [1.29, 1.82) is 0 Å². The number of likely N-dealkylation sites (tertiary alicyclic amines) is 1. The van der Waals surface area contributed by atoms with Crippen LogP contribution >= 0.6 is 11.8 Å². The van der Waals surface area contributed by atoms with Gasteiger partial charge in [-0.05, 0) is 31.5 Å². The number of methoxy groups -OCH3 is 1. The molecule has 2 fully saturated rings. The van der Waals surface area contributed by atoms with E-state index in [2.05, 4.69) is 5.32 Å². The number of anilines is 1. The van der Waals surface area contributed by atoms with Crippen molar-refractivity contribution in [2.24, 2.45) is 11.8 Å². The number of nitrogens with zero attached hydrogens (tertiary/aromatic N) is 2. The van der Waals surface area contributed by atoms with Gasteiger partial charge in [-0.1, -0.05) is 37.3 Å². The maximum Gasteiger partial charge on any atom is 0.353 e. The molecule has 3 aliphatic rings. The van der Waals surface area contributed by atoms with Crippen molar-refractivity contribution < 1.29 is 34.1 Å². The molecule has 10 nitrogen and oxygen atoms in total. The van der Waals surface area contributed by atoms with Crippen molar-refractivity contribution in [1.82, 2.24) is 9.80 Å². The van der Waals surface area contributed by atoms with E-state index < -0.39 is 30.1 Å². The Bertz CT molecular complexity index is 1410. The molecule has 0 unspecified atom stereocenters. The second-order valence-electron chi connectivity index (χ2n) is 10.7. The Kier molecular flexibility index (Phi) is 8.21. The second-order valence-corrected chi connectivity index (χ2v) is 12.1. The lowest BCUT2D eigenvalue weighted by atomic mass is 9.79. The minimum Gasteiger partial charge on any atom is -0.496 e. The van der Waals surface area contributed by atoms with Crippen molar-refractivity contribution >= 4 is 41.5 Å². The molecule has 11 heteroatoms. The topological polar surface area (TPSA) is 136 Å². The van der Waals surface area contributed by atoms with Crippen molar-refractivity contribution in [2.75, 3.05) is 19.0 Å². The van der Waals surface area contributed by atoms with Crippen molar-refractivity contribution in [3.8, 4) is 5.75 Å². The van der Waals surface area contributed by atoms with Gasteiger partial charge in [-0.15, -0.1) is 11.8 Å². The van der Waals surface area contributed by atoms with Gasteiger partial charge in [-0.3, -0.25) is 19.3 Å². The number of carboxylic acid groups (broad SMARTS) is 1. The molecule has 0 saturated carbocycles. The zero-order valence-electron chi connectivity index (χ0n) is 23.0. The summed E-state index contributed by atoms with van der Waals surface area (Å²) in [5, 5.41) is 23.0. The second kappa shape index (κ2) is 11.7. The van der Waals surface area contributed by atoms with Gasteiger partial charge >= 0.3 is 5.97 Å². The summed E-state index contributed by atoms with van der Waals surface area (Å²) < 4.78 is 5.54. The number of β-lactam (4-membered cyclic amide) rings is 1. The summed E-state index contributed by atoms with van der Waals surface area (Å²) in [5.74, 6) is -1.97. The Morgan fingerprint density at radius 2 is 1.98 bits per heavy atom. The number of aldehydes is 1. The zero-order valence-corrected chi connectivity index (χ0v) is 23.8. The van der Waals surface area contributed by atoms with Crippen LogP contribution in [-0.2, 0) is 20.9 Å². The first kappa shape index (κ1) is 28.8. The average Bonchev–Trinajstić information content (AvgIpc) is 3.45. The van der Waals surface area contributed by atoms with Crippen LogP contribution in [0.15, 0.2) is 59.1 Å². The van der Waals surface area contributed by atoms with Gasteiger partial charge in [-0.25, -0.2) is 4.79 Å².